The van der Waals surface area contributed by atoms with Crippen molar-refractivity contribution in [3.8, 4) is 6.07 Å². The topological polar surface area (TPSA) is 112 Å². The van der Waals surface area contributed by atoms with Crippen LogP contribution in [-0.4, -0.2) is 34.8 Å². The number of aromatic nitrogens is 1. The zero-order chi connectivity index (χ0) is 21.1. The van der Waals surface area contributed by atoms with Crippen molar-refractivity contribution in [1.29, 1.82) is 5.26 Å². The maximum atomic E-state index is 12.2. The number of nitro benzene ring substituents is 1. The summed E-state index contributed by atoms with van der Waals surface area (Å²) >= 11 is 6.03. The van der Waals surface area contributed by atoms with Crippen LogP contribution in [0.3, 0.4) is 0 Å². The quantitative estimate of drug-likeness (QED) is 0.502. The predicted octanol–water partition coefficient (Wildman–Crippen LogP) is 4.04. The average molecular weight is 410 g/mol. The summed E-state index contributed by atoms with van der Waals surface area (Å²) in [6.45, 7) is 0. The van der Waals surface area contributed by atoms with Crippen molar-refractivity contribution in [3.05, 3.63) is 68.9 Å². The third-order valence-electron chi connectivity index (χ3n) is 4.30. The summed E-state index contributed by atoms with van der Waals surface area (Å²) < 4.78 is 0. The molecule has 0 unspecified atom stereocenters. The molecule has 8 nitrogen and oxygen atoms in total. The van der Waals surface area contributed by atoms with Gasteiger partial charge in [-0.2, -0.15) is 5.26 Å². The Morgan fingerprint density at radius 1 is 1.34 bits per heavy atom. The molecule has 0 aliphatic heterocycles. The first-order valence-corrected chi connectivity index (χ1v) is 8.91. The van der Waals surface area contributed by atoms with Crippen LogP contribution in [0.25, 0.3) is 10.9 Å². The highest BCUT2D eigenvalue weighted by Crippen LogP contribution is 2.34. The van der Waals surface area contributed by atoms with Gasteiger partial charge < -0.3 is 10.2 Å². The maximum Gasteiger partial charge on any atom is 0.270 e. The summed E-state index contributed by atoms with van der Waals surface area (Å²) in [5.74, 6) is -0.220. The highest BCUT2D eigenvalue weighted by Gasteiger charge is 2.20. The van der Waals surface area contributed by atoms with Gasteiger partial charge in [-0.05, 0) is 23.8 Å². The van der Waals surface area contributed by atoms with Crippen LogP contribution in [0.5, 0.6) is 0 Å². The number of nitrogens with one attached hydrogen (secondary N) is 1. The molecule has 3 rings (SSSR count). The third-order valence-corrected chi connectivity index (χ3v) is 4.54. The molecule has 0 aliphatic carbocycles. The molecule has 0 atom stereocenters. The molecular formula is C20H16ClN5O3. The zero-order valence-electron chi connectivity index (χ0n) is 15.6. The second-order valence-corrected chi connectivity index (χ2v) is 6.95. The van der Waals surface area contributed by atoms with Gasteiger partial charge in [0, 0.05) is 48.5 Å². The minimum Gasteiger partial charge on any atom is -0.354 e. The largest absolute Gasteiger partial charge is 0.354 e. The van der Waals surface area contributed by atoms with Gasteiger partial charge in [-0.3, -0.25) is 19.9 Å². The Morgan fingerprint density at radius 2 is 2.10 bits per heavy atom. The monoisotopic (exact) mass is 409 g/mol. The zero-order valence-corrected chi connectivity index (χ0v) is 16.4. The molecule has 1 N–H and O–H groups in total. The second-order valence-electron chi connectivity index (χ2n) is 6.52. The van der Waals surface area contributed by atoms with Crippen molar-refractivity contribution in [1.82, 2.24) is 9.88 Å². The summed E-state index contributed by atoms with van der Waals surface area (Å²) in [5, 5.41) is 25.0. The number of hydrogen-bond acceptors (Lipinski definition) is 6. The lowest BCUT2D eigenvalue weighted by molar-refractivity contribution is -0.384. The molecule has 3 aromatic rings. The molecule has 1 amide bonds. The lowest BCUT2D eigenvalue weighted by atomic mass is 10.0. The highest BCUT2D eigenvalue weighted by atomic mass is 35.5. The van der Waals surface area contributed by atoms with Crippen molar-refractivity contribution < 1.29 is 9.72 Å². The van der Waals surface area contributed by atoms with Crippen molar-refractivity contribution in [3.63, 3.8) is 0 Å². The van der Waals surface area contributed by atoms with Gasteiger partial charge in [0.15, 0.2) is 0 Å². The number of amides is 1. The van der Waals surface area contributed by atoms with E-state index in [-0.39, 0.29) is 23.6 Å². The molecule has 0 saturated carbocycles. The first kappa shape index (κ1) is 20.0. The Balaban J connectivity index is 2.26. The van der Waals surface area contributed by atoms with E-state index >= 15 is 0 Å². The molecule has 2 aromatic carbocycles. The van der Waals surface area contributed by atoms with Crippen molar-refractivity contribution in [2.45, 2.75) is 6.42 Å². The number of hydrogen-bond donors (Lipinski definition) is 1. The molecular weight excluding hydrogens is 394 g/mol. The van der Waals surface area contributed by atoms with Gasteiger partial charge in [-0.25, -0.2) is 0 Å². The summed E-state index contributed by atoms with van der Waals surface area (Å²) in [7, 11) is 3.21. The molecule has 0 spiro atoms. The molecule has 1 aromatic heterocycles. The average Bonchev–Trinajstić information content (AvgIpc) is 2.68. The van der Waals surface area contributed by atoms with Crippen LogP contribution in [0.2, 0.25) is 5.02 Å². The SMILES string of the molecule is CN(C)C(=O)Cc1cc([N+](=O)[O-])cc2c(Nc3cccc(Cl)c3)c(C#N)cnc12. The first-order chi connectivity index (χ1) is 13.8. The van der Waals surface area contributed by atoms with Crippen LogP contribution in [0.15, 0.2) is 42.6 Å². The molecule has 9 heteroatoms. The summed E-state index contributed by atoms with van der Waals surface area (Å²) in [5.41, 5.74) is 1.81. The summed E-state index contributed by atoms with van der Waals surface area (Å²) in [4.78, 5) is 28.9. The number of benzene rings is 2. The van der Waals surface area contributed by atoms with Crippen LogP contribution >= 0.6 is 11.6 Å². The van der Waals surface area contributed by atoms with Gasteiger partial charge >= 0.3 is 0 Å². The summed E-state index contributed by atoms with van der Waals surface area (Å²) in [6, 6.07) is 11.6. The van der Waals surface area contributed by atoms with E-state index in [9.17, 15) is 20.2 Å². The van der Waals surface area contributed by atoms with Crippen molar-refractivity contribution in [2.24, 2.45) is 0 Å². The van der Waals surface area contributed by atoms with E-state index in [0.717, 1.165) is 0 Å². The van der Waals surface area contributed by atoms with Crippen LogP contribution in [-0.2, 0) is 11.2 Å². The number of pyridine rings is 1. The van der Waals surface area contributed by atoms with Crippen molar-refractivity contribution in [2.75, 3.05) is 19.4 Å². The van der Waals surface area contributed by atoms with E-state index < -0.39 is 4.92 Å². The predicted molar refractivity (Wildman–Crippen MR) is 110 cm³/mol. The minimum atomic E-state index is -0.536. The first-order valence-electron chi connectivity index (χ1n) is 8.53. The third kappa shape index (κ3) is 4.25. The fourth-order valence-corrected chi connectivity index (χ4v) is 3.04. The molecule has 0 aliphatic rings. The van der Waals surface area contributed by atoms with Gasteiger partial charge in [0.1, 0.15) is 6.07 Å². The van der Waals surface area contributed by atoms with E-state index in [1.807, 2.05) is 6.07 Å². The number of carbonyl (C=O) groups excluding carboxylic acids is 1. The molecule has 0 bridgehead atoms. The molecule has 0 saturated heterocycles. The van der Waals surface area contributed by atoms with E-state index in [1.165, 1.54) is 23.2 Å². The fourth-order valence-electron chi connectivity index (χ4n) is 2.85. The van der Waals surface area contributed by atoms with E-state index in [0.29, 0.717) is 32.9 Å². The number of nitriles is 1. The fraction of sp³-hybridized carbons (Fsp3) is 0.150. The van der Waals surface area contributed by atoms with Crippen molar-refractivity contribution >= 4 is 45.5 Å². The smallest absolute Gasteiger partial charge is 0.270 e. The molecule has 1 heterocycles. The van der Waals surface area contributed by atoms with Gasteiger partial charge in [0.25, 0.3) is 5.69 Å². The van der Waals surface area contributed by atoms with Gasteiger partial charge in [-0.15, -0.1) is 0 Å². The molecule has 146 valence electrons. The normalized spacial score (nSPS) is 10.4. The van der Waals surface area contributed by atoms with Crippen LogP contribution < -0.4 is 5.32 Å². The minimum absolute atomic E-state index is 0.0549. The Morgan fingerprint density at radius 3 is 2.72 bits per heavy atom. The standard InChI is InChI=1S/C20H16ClN5O3/c1-25(2)18(27)7-12-6-16(26(28)29)9-17-19(12)23-11-13(10-22)20(17)24-15-5-3-4-14(21)8-15/h3-6,8-9,11H,7H2,1-2H3,(H,23,24). The van der Waals surface area contributed by atoms with Crippen LogP contribution in [0.4, 0.5) is 17.1 Å². The Hall–Kier alpha value is -3.70. The van der Waals surface area contributed by atoms with E-state index in [4.69, 9.17) is 11.6 Å². The number of non-ortho nitro benzene ring substituents is 1. The lowest BCUT2D eigenvalue weighted by Gasteiger charge is -2.15. The lowest BCUT2D eigenvalue weighted by Crippen LogP contribution is -2.23. The Bertz CT molecular complexity index is 1170. The van der Waals surface area contributed by atoms with E-state index in [2.05, 4.69) is 10.3 Å². The van der Waals surface area contributed by atoms with Gasteiger partial charge in [-0.1, -0.05) is 17.7 Å². The number of nitrogens with zero attached hydrogens (tertiary/aromatic N) is 4. The molecule has 0 fully saturated rings. The number of fused-ring (bicyclic) bond motifs is 1. The van der Waals surface area contributed by atoms with Crippen LogP contribution in [0, 0.1) is 21.4 Å². The maximum absolute atomic E-state index is 12.2. The summed E-state index contributed by atoms with van der Waals surface area (Å²) in [6.07, 6.45) is 1.32. The number of rotatable bonds is 5. The van der Waals surface area contributed by atoms with Gasteiger partial charge in [0.05, 0.1) is 28.1 Å². The number of likely N-dealkylation sites (N-methyl/N-ethyl adjacent to an activating group) is 1. The van der Waals surface area contributed by atoms with E-state index in [1.54, 1.807) is 38.4 Å². The molecule has 29 heavy (non-hydrogen) atoms. The number of carbonyl (C=O) groups is 1. The highest BCUT2D eigenvalue weighted by molar-refractivity contribution is 6.30. The Kier molecular flexibility index (Phi) is 5.61. The van der Waals surface area contributed by atoms with Gasteiger partial charge in [0.2, 0.25) is 5.91 Å². The Labute approximate surface area is 171 Å². The number of halogens is 1. The second kappa shape index (κ2) is 8.12. The number of nitro groups is 1. The molecule has 0 radical (unpaired) electrons. The number of anilines is 2. The van der Waals surface area contributed by atoms with Crippen LogP contribution in [0.1, 0.15) is 11.1 Å².